The van der Waals surface area contributed by atoms with Crippen LogP contribution in [-0.4, -0.2) is 8.07 Å². The molecule has 0 saturated heterocycles. The molecular formula is C49H43NOSi. The van der Waals surface area contributed by atoms with Gasteiger partial charge in [-0.15, -0.1) is 0 Å². The van der Waals surface area contributed by atoms with Crippen molar-refractivity contribution in [2.45, 2.75) is 58.2 Å². The number of anilines is 3. The maximum atomic E-state index is 6.66. The molecule has 0 bridgehead atoms. The summed E-state index contributed by atoms with van der Waals surface area (Å²) < 4.78 is 6.66. The lowest BCUT2D eigenvalue weighted by Gasteiger charge is -2.29. The van der Waals surface area contributed by atoms with Gasteiger partial charge in [-0.3, -0.25) is 0 Å². The average molecular weight is 690 g/mol. The summed E-state index contributed by atoms with van der Waals surface area (Å²) in [7, 11) is -1.48. The van der Waals surface area contributed by atoms with Gasteiger partial charge in [-0.2, -0.15) is 0 Å². The summed E-state index contributed by atoms with van der Waals surface area (Å²) in [6.45, 7) is 16.9. The van der Waals surface area contributed by atoms with Gasteiger partial charge in [0.05, 0.1) is 13.8 Å². The molecule has 2 aliphatic rings. The fourth-order valence-electron chi connectivity index (χ4n) is 9.40. The molecule has 0 atom stereocenters. The van der Waals surface area contributed by atoms with Crippen molar-refractivity contribution in [3.8, 4) is 22.3 Å². The molecule has 0 spiro atoms. The maximum absolute atomic E-state index is 6.66. The second kappa shape index (κ2) is 10.6. The second-order valence-electron chi connectivity index (χ2n) is 17.0. The molecule has 10 rings (SSSR count). The highest BCUT2D eigenvalue weighted by Gasteiger charge is 2.42. The molecule has 1 aromatic heterocycles. The van der Waals surface area contributed by atoms with Crippen molar-refractivity contribution in [2.75, 3.05) is 4.90 Å². The molecule has 0 fully saturated rings. The number of furan rings is 1. The zero-order chi connectivity index (χ0) is 35.7. The third-order valence-corrected chi connectivity index (χ3v) is 14.3. The monoisotopic (exact) mass is 689 g/mol. The smallest absolute Gasteiger partial charge is 0.159 e. The molecule has 1 heterocycles. The minimum absolute atomic E-state index is 0.0997. The van der Waals surface area contributed by atoms with E-state index in [1.54, 1.807) is 0 Å². The predicted octanol–water partition coefficient (Wildman–Crippen LogP) is 13.4. The number of fused-ring (bicyclic) bond motifs is 11. The van der Waals surface area contributed by atoms with Crippen molar-refractivity contribution in [2.24, 2.45) is 0 Å². The summed E-state index contributed by atoms with van der Waals surface area (Å²) in [5.74, 6) is 0. The van der Waals surface area contributed by atoms with Crippen molar-refractivity contribution in [3.63, 3.8) is 0 Å². The molecule has 0 saturated carbocycles. The molecule has 254 valence electrons. The first kappa shape index (κ1) is 31.4. The standard InChI is InChI=1S/C49H43NOSi/c1-48(2)41-27-32(22-26-35(41)39-28-43-40(29-42(39)48)37-25-19-30-13-8-9-14-34(30)46(37)49(43,3)4)50(31-20-23-33(24-21-31)52(5,6)7)44-17-12-16-38-36-15-10-11-18-45(36)51-47(38)44/h8-29H,1-7H3. The molecule has 52 heavy (non-hydrogen) atoms. The van der Waals surface area contributed by atoms with Crippen LogP contribution in [0.1, 0.15) is 49.9 Å². The van der Waals surface area contributed by atoms with Gasteiger partial charge in [0.2, 0.25) is 0 Å². The van der Waals surface area contributed by atoms with E-state index in [0.29, 0.717) is 0 Å². The van der Waals surface area contributed by atoms with E-state index in [1.807, 2.05) is 0 Å². The fraction of sp³-hybridized carbons (Fsp3) is 0.184. The SMILES string of the molecule is CC1(C)c2cc(N(c3ccc([Si](C)(C)C)cc3)c3cccc4c3oc3ccccc34)ccc2-c2cc3c(cc21)-c1ccc2ccccc2c1C3(C)C. The highest BCUT2D eigenvalue weighted by atomic mass is 28.3. The summed E-state index contributed by atoms with van der Waals surface area (Å²) in [5, 5.41) is 6.41. The third kappa shape index (κ3) is 4.29. The van der Waals surface area contributed by atoms with Crippen LogP contribution in [0.5, 0.6) is 0 Å². The zero-order valence-electron chi connectivity index (χ0n) is 31.1. The predicted molar refractivity (Wildman–Crippen MR) is 224 cm³/mol. The van der Waals surface area contributed by atoms with E-state index in [2.05, 4.69) is 186 Å². The Bertz CT molecular complexity index is 2780. The van der Waals surface area contributed by atoms with Gasteiger partial charge in [-0.05, 0) is 104 Å². The molecule has 8 aromatic rings. The zero-order valence-corrected chi connectivity index (χ0v) is 32.1. The molecule has 0 amide bonds. The van der Waals surface area contributed by atoms with Crippen LogP contribution < -0.4 is 10.1 Å². The first-order valence-electron chi connectivity index (χ1n) is 18.6. The summed E-state index contributed by atoms with van der Waals surface area (Å²) in [5.41, 5.74) is 15.9. The van der Waals surface area contributed by atoms with Crippen LogP contribution in [-0.2, 0) is 10.8 Å². The molecule has 0 unspecified atom stereocenters. The maximum Gasteiger partial charge on any atom is 0.159 e. The lowest BCUT2D eigenvalue weighted by atomic mass is 9.78. The number of hydrogen-bond acceptors (Lipinski definition) is 2. The van der Waals surface area contributed by atoms with Crippen molar-refractivity contribution < 1.29 is 4.42 Å². The summed E-state index contributed by atoms with van der Waals surface area (Å²) in [4.78, 5) is 2.41. The Morgan fingerprint density at radius 1 is 0.500 bits per heavy atom. The number of rotatable bonds is 4. The molecule has 0 N–H and O–H groups in total. The highest BCUT2D eigenvalue weighted by Crippen LogP contribution is 2.58. The van der Waals surface area contributed by atoms with Crippen molar-refractivity contribution in [3.05, 3.63) is 156 Å². The van der Waals surface area contributed by atoms with Gasteiger partial charge >= 0.3 is 0 Å². The minimum Gasteiger partial charge on any atom is -0.454 e. The Morgan fingerprint density at radius 3 is 1.88 bits per heavy atom. The Labute approximate surface area is 307 Å². The Morgan fingerprint density at radius 2 is 1.12 bits per heavy atom. The minimum atomic E-state index is -1.48. The Hall–Kier alpha value is -5.38. The van der Waals surface area contributed by atoms with Gasteiger partial charge in [-0.25, -0.2) is 0 Å². The van der Waals surface area contributed by atoms with Crippen LogP contribution in [0.2, 0.25) is 19.6 Å². The van der Waals surface area contributed by atoms with Crippen LogP contribution in [0.3, 0.4) is 0 Å². The van der Waals surface area contributed by atoms with E-state index in [1.165, 1.54) is 60.5 Å². The van der Waals surface area contributed by atoms with Gasteiger partial charge < -0.3 is 9.32 Å². The van der Waals surface area contributed by atoms with Gasteiger partial charge in [0.25, 0.3) is 0 Å². The molecule has 3 heteroatoms. The van der Waals surface area contributed by atoms with E-state index >= 15 is 0 Å². The van der Waals surface area contributed by atoms with Crippen molar-refractivity contribution in [1.82, 2.24) is 0 Å². The van der Waals surface area contributed by atoms with Crippen LogP contribution in [0.25, 0.3) is 55.0 Å². The topological polar surface area (TPSA) is 16.4 Å². The van der Waals surface area contributed by atoms with Gasteiger partial charge in [0.15, 0.2) is 5.58 Å². The highest BCUT2D eigenvalue weighted by molar-refractivity contribution is 6.88. The average Bonchev–Trinajstić information content (AvgIpc) is 3.71. The molecule has 0 radical (unpaired) electrons. The summed E-state index contributed by atoms with van der Waals surface area (Å²) in [6, 6.07) is 49.9. The Kier molecular flexibility index (Phi) is 6.38. The molecule has 2 aliphatic carbocycles. The van der Waals surface area contributed by atoms with E-state index in [0.717, 1.165) is 39.0 Å². The number of nitrogens with zero attached hydrogens (tertiary/aromatic N) is 1. The molecule has 0 aliphatic heterocycles. The van der Waals surface area contributed by atoms with Crippen LogP contribution in [0, 0.1) is 0 Å². The Balaban J connectivity index is 1.16. The van der Waals surface area contributed by atoms with Gasteiger partial charge in [0.1, 0.15) is 5.58 Å². The van der Waals surface area contributed by atoms with E-state index in [4.69, 9.17) is 4.42 Å². The number of para-hydroxylation sites is 2. The summed E-state index contributed by atoms with van der Waals surface area (Å²) >= 11 is 0. The van der Waals surface area contributed by atoms with Crippen LogP contribution >= 0.6 is 0 Å². The lowest BCUT2D eigenvalue weighted by molar-refractivity contribution is 0.654. The van der Waals surface area contributed by atoms with Gasteiger partial charge in [-0.1, -0.05) is 137 Å². The van der Waals surface area contributed by atoms with Crippen molar-refractivity contribution >= 4 is 63.0 Å². The van der Waals surface area contributed by atoms with E-state index < -0.39 is 8.07 Å². The van der Waals surface area contributed by atoms with Gasteiger partial charge in [0, 0.05) is 33.0 Å². The normalized spacial score (nSPS) is 15.1. The molecule has 2 nitrogen and oxygen atoms in total. The molecular weight excluding hydrogens is 647 g/mol. The lowest BCUT2D eigenvalue weighted by Crippen LogP contribution is -2.37. The quantitative estimate of drug-likeness (QED) is 0.171. The van der Waals surface area contributed by atoms with Crippen LogP contribution in [0.15, 0.2) is 138 Å². The molecule has 7 aromatic carbocycles. The largest absolute Gasteiger partial charge is 0.454 e. The van der Waals surface area contributed by atoms with Crippen molar-refractivity contribution in [1.29, 1.82) is 0 Å². The number of benzene rings is 7. The van der Waals surface area contributed by atoms with E-state index in [-0.39, 0.29) is 10.8 Å². The number of hydrogen-bond donors (Lipinski definition) is 0. The first-order valence-corrected chi connectivity index (χ1v) is 22.1. The first-order chi connectivity index (χ1) is 24.9. The third-order valence-electron chi connectivity index (χ3n) is 12.2. The van der Waals surface area contributed by atoms with Crippen LogP contribution in [0.4, 0.5) is 17.1 Å². The second-order valence-corrected chi connectivity index (χ2v) is 22.1. The fourth-order valence-corrected chi connectivity index (χ4v) is 10.6. The summed E-state index contributed by atoms with van der Waals surface area (Å²) in [6.07, 6.45) is 0. The van der Waals surface area contributed by atoms with E-state index in [9.17, 15) is 0 Å².